The molecule has 0 amide bonds. The molecule has 2 aliphatic heterocycles. The molecule has 0 aromatic heterocycles. The third-order valence-electron chi connectivity index (χ3n) is 3.03. The molecule has 0 aromatic rings. The van der Waals surface area contributed by atoms with E-state index in [0.29, 0.717) is 0 Å². The van der Waals surface area contributed by atoms with Crippen LogP contribution in [0.3, 0.4) is 0 Å². The summed E-state index contributed by atoms with van der Waals surface area (Å²) in [4.78, 5) is 2.39. The molecule has 66 valence electrons. The Balaban J connectivity index is 2.08. The van der Waals surface area contributed by atoms with Crippen molar-refractivity contribution in [2.75, 3.05) is 19.7 Å². The Morgan fingerprint density at radius 1 is 1.67 bits per heavy atom. The highest BCUT2D eigenvalue weighted by molar-refractivity contribution is 5.00. The van der Waals surface area contributed by atoms with Crippen LogP contribution < -0.4 is 0 Å². The van der Waals surface area contributed by atoms with E-state index in [9.17, 15) is 0 Å². The van der Waals surface area contributed by atoms with Crippen LogP contribution in [-0.2, 0) is 4.74 Å². The first-order valence-corrected chi connectivity index (χ1v) is 4.51. The molecule has 3 nitrogen and oxygen atoms in total. The molecule has 3 heteroatoms. The lowest BCUT2D eigenvalue weighted by Gasteiger charge is -2.40. The van der Waals surface area contributed by atoms with Crippen molar-refractivity contribution in [1.29, 1.82) is 5.26 Å². The van der Waals surface area contributed by atoms with E-state index in [-0.39, 0.29) is 11.6 Å². The minimum absolute atomic E-state index is 0.198. The minimum Gasteiger partial charge on any atom is -0.360 e. The summed E-state index contributed by atoms with van der Waals surface area (Å²) in [6.07, 6.45) is 2.26. The lowest BCUT2D eigenvalue weighted by atomic mass is 9.98. The smallest absolute Gasteiger partial charge is 0.156 e. The van der Waals surface area contributed by atoms with Crippen LogP contribution in [0.1, 0.15) is 19.8 Å². The zero-order chi connectivity index (χ0) is 8.60. The molecule has 0 bridgehead atoms. The van der Waals surface area contributed by atoms with Crippen molar-refractivity contribution in [2.45, 2.75) is 31.4 Å². The van der Waals surface area contributed by atoms with Gasteiger partial charge in [-0.15, -0.1) is 0 Å². The molecular weight excluding hydrogens is 152 g/mol. The van der Waals surface area contributed by atoms with E-state index in [4.69, 9.17) is 10.00 Å². The molecule has 2 saturated heterocycles. The largest absolute Gasteiger partial charge is 0.360 e. The first kappa shape index (κ1) is 8.03. The summed E-state index contributed by atoms with van der Waals surface area (Å²) in [7, 11) is 0. The van der Waals surface area contributed by atoms with Crippen LogP contribution in [0.5, 0.6) is 0 Å². The van der Waals surface area contributed by atoms with Crippen LogP contribution in [0.15, 0.2) is 0 Å². The molecule has 2 atom stereocenters. The number of morpholine rings is 1. The summed E-state index contributed by atoms with van der Waals surface area (Å²) in [5.41, 5.74) is 0.230. The van der Waals surface area contributed by atoms with Gasteiger partial charge in [0.2, 0.25) is 0 Å². The lowest BCUT2D eigenvalue weighted by molar-refractivity contribution is -0.0657. The van der Waals surface area contributed by atoms with Crippen LogP contribution in [0.4, 0.5) is 0 Å². The molecular formula is C9H14N2O. The number of hydrogen-bond donors (Lipinski definition) is 0. The monoisotopic (exact) mass is 166 g/mol. The summed E-state index contributed by atoms with van der Waals surface area (Å²) in [6, 6.07) is 2.17. The maximum Gasteiger partial charge on any atom is 0.156 e. The summed E-state index contributed by atoms with van der Waals surface area (Å²) in [6.45, 7) is 4.89. The number of nitriles is 1. The van der Waals surface area contributed by atoms with E-state index >= 15 is 0 Å². The Bertz CT molecular complexity index is 223. The summed E-state index contributed by atoms with van der Waals surface area (Å²) >= 11 is 0. The third-order valence-corrected chi connectivity index (χ3v) is 3.03. The van der Waals surface area contributed by atoms with Gasteiger partial charge in [0.25, 0.3) is 0 Å². The number of rotatable bonds is 0. The minimum atomic E-state index is -0.198. The van der Waals surface area contributed by atoms with Crippen molar-refractivity contribution in [2.24, 2.45) is 0 Å². The van der Waals surface area contributed by atoms with Crippen molar-refractivity contribution in [3.63, 3.8) is 0 Å². The van der Waals surface area contributed by atoms with Crippen LogP contribution in [0, 0.1) is 11.3 Å². The van der Waals surface area contributed by atoms with E-state index in [1.807, 2.05) is 0 Å². The van der Waals surface area contributed by atoms with E-state index in [2.05, 4.69) is 17.9 Å². The van der Waals surface area contributed by atoms with E-state index in [1.165, 1.54) is 12.8 Å². The fraction of sp³-hybridized carbons (Fsp3) is 0.889. The van der Waals surface area contributed by atoms with E-state index < -0.39 is 0 Å². The summed E-state index contributed by atoms with van der Waals surface area (Å²) in [5.74, 6) is 0. The molecule has 0 radical (unpaired) electrons. The maximum atomic E-state index is 8.69. The normalized spacial score (nSPS) is 42.2. The van der Waals surface area contributed by atoms with Crippen LogP contribution in [0.25, 0.3) is 0 Å². The van der Waals surface area contributed by atoms with Crippen molar-refractivity contribution >= 4 is 0 Å². The number of nitrogens with zero attached hydrogens (tertiary/aromatic N) is 2. The molecule has 0 spiro atoms. The predicted octanol–water partition coefficient (Wildman–Crippen LogP) is 0.763. The van der Waals surface area contributed by atoms with Crippen molar-refractivity contribution in [3.8, 4) is 6.07 Å². The SMILES string of the molecule is C[C@@]12CCCN1C[C@H](C#N)OC2. The van der Waals surface area contributed by atoms with Gasteiger partial charge in [0.15, 0.2) is 6.10 Å². The second-order valence-corrected chi connectivity index (χ2v) is 3.98. The fourth-order valence-electron chi connectivity index (χ4n) is 2.16. The Labute approximate surface area is 72.9 Å². The van der Waals surface area contributed by atoms with Gasteiger partial charge in [0, 0.05) is 12.1 Å². The molecule has 2 aliphatic rings. The van der Waals surface area contributed by atoms with Gasteiger partial charge >= 0.3 is 0 Å². The molecule has 0 unspecified atom stereocenters. The number of hydrogen-bond acceptors (Lipinski definition) is 3. The average Bonchev–Trinajstić information content (AvgIpc) is 2.45. The molecule has 2 fully saturated rings. The predicted molar refractivity (Wildman–Crippen MR) is 44.6 cm³/mol. The van der Waals surface area contributed by atoms with Gasteiger partial charge in [-0.25, -0.2) is 0 Å². The van der Waals surface area contributed by atoms with Gasteiger partial charge in [-0.05, 0) is 26.3 Å². The highest BCUT2D eigenvalue weighted by atomic mass is 16.5. The Morgan fingerprint density at radius 2 is 2.50 bits per heavy atom. The van der Waals surface area contributed by atoms with Gasteiger partial charge in [-0.1, -0.05) is 0 Å². The van der Waals surface area contributed by atoms with Gasteiger partial charge in [-0.3, -0.25) is 4.90 Å². The standard InChI is InChI=1S/C9H14N2O/c1-9-3-2-4-11(9)6-8(5-10)12-7-9/h8H,2-4,6-7H2,1H3/t8-,9-/m0/s1. The molecule has 0 aliphatic carbocycles. The van der Waals surface area contributed by atoms with Crippen LogP contribution in [0.2, 0.25) is 0 Å². The first-order valence-electron chi connectivity index (χ1n) is 4.51. The zero-order valence-corrected chi connectivity index (χ0v) is 7.42. The summed E-state index contributed by atoms with van der Waals surface area (Å²) in [5, 5.41) is 8.69. The van der Waals surface area contributed by atoms with Gasteiger partial charge in [-0.2, -0.15) is 5.26 Å². The molecule has 2 heterocycles. The molecule has 2 rings (SSSR count). The quantitative estimate of drug-likeness (QED) is 0.533. The molecule has 12 heavy (non-hydrogen) atoms. The van der Waals surface area contributed by atoms with Crippen molar-refractivity contribution in [3.05, 3.63) is 0 Å². The second-order valence-electron chi connectivity index (χ2n) is 3.98. The van der Waals surface area contributed by atoms with Gasteiger partial charge < -0.3 is 4.74 Å². The van der Waals surface area contributed by atoms with Crippen molar-refractivity contribution in [1.82, 2.24) is 4.90 Å². The fourth-order valence-corrected chi connectivity index (χ4v) is 2.16. The molecule has 0 aromatic carbocycles. The summed E-state index contributed by atoms with van der Waals surface area (Å²) < 4.78 is 5.44. The maximum absolute atomic E-state index is 8.69. The Kier molecular flexibility index (Phi) is 1.82. The van der Waals surface area contributed by atoms with Gasteiger partial charge in [0.05, 0.1) is 12.7 Å². The lowest BCUT2D eigenvalue weighted by Crippen LogP contribution is -2.53. The van der Waals surface area contributed by atoms with Crippen molar-refractivity contribution < 1.29 is 4.74 Å². The topological polar surface area (TPSA) is 36.3 Å². The van der Waals surface area contributed by atoms with Crippen LogP contribution in [-0.4, -0.2) is 36.2 Å². The number of ether oxygens (including phenoxy) is 1. The van der Waals surface area contributed by atoms with Crippen LogP contribution >= 0.6 is 0 Å². The van der Waals surface area contributed by atoms with Gasteiger partial charge in [0.1, 0.15) is 0 Å². The highest BCUT2D eigenvalue weighted by Gasteiger charge is 2.41. The molecule has 0 N–H and O–H groups in total. The Hall–Kier alpha value is -0.590. The highest BCUT2D eigenvalue weighted by Crippen LogP contribution is 2.32. The number of fused-ring (bicyclic) bond motifs is 1. The first-order chi connectivity index (χ1) is 5.74. The van der Waals surface area contributed by atoms with E-state index in [1.54, 1.807) is 0 Å². The third kappa shape index (κ3) is 1.12. The Morgan fingerprint density at radius 3 is 3.25 bits per heavy atom. The zero-order valence-electron chi connectivity index (χ0n) is 7.42. The molecule has 0 saturated carbocycles. The average molecular weight is 166 g/mol. The second kappa shape index (κ2) is 2.72. The van der Waals surface area contributed by atoms with E-state index in [0.717, 1.165) is 19.7 Å².